The van der Waals surface area contributed by atoms with E-state index < -0.39 is 41.3 Å². The van der Waals surface area contributed by atoms with Gasteiger partial charge >= 0.3 is 12.4 Å². The highest BCUT2D eigenvalue weighted by Gasteiger charge is 2.59. The van der Waals surface area contributed by atoms with Crippen molar-refractivity contribution < 1.29 is 35.9 Å². The molecule has 1 aromatic carbocycles. The van der Waals surface area contributed by atoms with Gasteiger partial charge in [0, 0.05) is 31.8 Å². The van der Waals surface area contributed by atoms with Crippen molar-refractivity contribution in [3.8, 4) is 6.07 Å². The molecule has 4 unspecified atom stereocenters. The summed E-state index contributed by atoms with van der Waals surface area (Å²) in [6, 6.07) is 3.84. The first kappa shape index (κ1) is 25.8. The number of ether oxygens (including phenoxy) is 1. The topological polar surface area (TPSA) is 74.2 Å². The quantitative estimate of drug-likeness (QED) is 0.547. The predicted octanol–water partition coefficient (Wildman–Crippen LogP) is 4.81. The van der Waals surface area contributed by atoms with Crippen LogP contribution in [0.25, 0.3) is 0 Å². The maximum absolute atomic E-state index is 13.4. The van der Waals surface area contributed by atoms with Crippen molar-refractivity contribution in [1.82, 2.24) is 10.6 Å². The van der Waals surface area contributed by atoms with Crippen molar-refractivity contribution in [2.45, 2.75) is 69.5 Å². The normalized spacial score (nSPS) is 29.6. The molecule has 2 aliphatic carbocycles. The number of alkyl halides is 6. The Morgan fingerprint density at radius 1 is 1.03 bits per heavy atom. The smallest absolute Gasteiger partial charge is 0.381 e. The third kappa shape index (κ3) is 5.75. The molecule has 1 saturated heterocycles. The fourth-order valence-electron chi connectivity index (χ4n) is 5.55. The molecule has 4 rings (SSSR count). The molecule has 1 amide bonds. The third-order valence-corrected chi connectivity index (χ3v) is 7.46. The van der Waals surface area contributed by atoms with Gasteiger partial charge in [-0.05, 0) is 68.2 Å². The van der Waals surface area contributed by atoms with Crippen molar-refractivity contribution in [3.63, 3.8) is 0 Å². The average molecular weight is 503 g/mol. The lowest BCUT2D eigenvalue weighted by molar-refractivity contribution is -0.143. The number of carbonyl (C=O) groups is 1. The Morgan fingerprint density at radius 2 is 1.66 bits per heavy atom. The fourth-order valence-corrected chi connectivity index (χ4v) is 5.55. The molecule has 3 aliphatic rings. The van der Waals surface area contributed by atoms with Crippen molar-refractivity contribution in [2.24, 2.45) is 17.3 Å². The standard InChI is InChI=1S/C24H27F6N3O2/c25-23(26,27)16-7-14(8-17(10-16)24(28,29)30)13-32-21(34)22(20-9-15(20)12-31)4-1-19(11-22)33-18-2-5-35-6-3-18/h7-8,10,15,18-20,33H,1-6,9,11,13H2,(H,32,34). The predicted molar refractivity (Wildman–Crippen MR) is 113 cm³/mol. The molecular weight excluding hydrogens is 476 g/mol. The van der Waals surface area contributed by atoms with E-state index in [-0.39, 0.29) is 35.5 Å². The molecule has 35 heavy (non-hydrogen) atoms. The summed E-state index contributed by atoms with van der Waals surface area (Å²) in [5, 5.41) is 15.5. The van der Waals surface area contributed by atoms with Gasteiger partial charge in [-0.1, -0.05) is 0 Å². The van der Waals surface area contributed by atoms with Gasteiger partial charge in [-0.25, -0.2) is 0 Å². The van der Waals surface area contributed by atoms with Crippen LogP contribution in [-0.2, 0) is 28.4 Å². The summed E-state index contributed by atoms with van der Waals surface area (Å²) in [7, 11) is 0. The minimum Gasteiger partial charge on any atom is -0.381 e. The van der Waals surface area contributed by atoms with Crippen LogP contribution in [-0.4, -0.2) is 31.2 Å². The molecule has 1 heterocycles. The number of nitriles is 1. The molecule has 5 nitrogen and oxygen atoms in total. The molecule has 4 atom stereocenters. The van der Waals surface area contributed by atoms with Crippen LogP contribution in [0.3, 0.4) is 0 Å². The number of halogens is 6. The van der Waals surface area contributed by atoms with E-state index in [1.165, 1.54) is 0 Å². The minimum atomic E-state index is -4.95. The van der Waals surface area contributed by atoms with Crippen LogP contribution < -0.4 is 10.6 Å². The molecule has 192 valence electrons. The van der Waals surface area contributed by atoms with Gasteiger partial charge < -0.3 is 15.4 Å². The number of nitrogens with zero attached hydrogens (tertiary/aromatic N) is 1. The third-order valence-electron chi connectivity index (χ3n) is 7.46. The Morgan fingerprint density at radius 3 is 2.20 bits per heavy atom. The van der Waals surface area contributed by atoms with Crippen molar-refractivity contribution in [3.05, 3.63) is 34.9 Å². The number of rotatable bonds is 6. The first-order valence-electron chi connectivity index (χ1n) is 11.7. The summed E-state index contributed by atoms with van der Waals surface area (Å²) in [5.41, 5.74) is -3.98. The summed E-state index contributed by atoms with van der Waals surface area (Å²) in [6.45, 7) is 0.855. The molecule has 0 bridgehead atoms. The highest BCUT2D eigenvalue weighted by molar-refractivity contribution is 5.84. The largest absolute Gasteiger partial charge is 0.416 e. The van der Waals surface area contributed by atoms with E-state index >= 15 is 0 Å². The number of carbonyl (C=O) groups excluding carboxylic acids is 1. The van der Waals surface area contributed by atoms with E-state index in [1.54, 1.807) is 0 Å². The molecule has 11 heteroatoms. The van der Waals surface area contributed by atoms with E-state index in [0.717, 1.165) is 12.8 Å². The summed E-state index contributed by atoms with van der Waals surface area (Å²) in [4.78, 5) is 13.4. The number of amides is 1. The zero-order chi connectivity index (χ0) is 25.4. The van der Waals surface area contributed by atoms with Gasteiger partial charge in [0.25, 0.3) is 0 Å². The van der Waals surface area contributed by atoms with Crippen LogP contribution in [0.4, 0.5) is 26.3 Å². The molecule has 2 saturated carbocycles. The van der Waals surface area contributed by atoms with Crippen LogP contribution >= 0.6 is 0 Å². The zero-order valence-electron chi connectivity index (χ0n) is 18.9. The number of hydrogen-bond acceptors (Lipinski definition) is 4. The van der Waals surface area contributed by atoms with E-state index in [4.69, 9.17) is 4.74 Å². The first-order valence-corrected chi connectivity index (χ1v) is 11.7. The number of nitrogens with one attached hydrogen (secondary N) is 2. The monoisotopic (exact) mass is 503 g/mol. The Kier molecular flexibility index (Phi) is 7.08. The maximum atomic E-state index is 13.4. The summed E-state index contributed by atoms with van der Waals surface area (Å²) in [5.74, 6) is -0.850. The second-order valence-corrected chi connectivity index (χ2v) is 9.82. The minimum absolute atomic E-state index is 0.0502. The number of hydrogen-bond donors (Lipinski definition) is 2. The molecule has 1 aliphatic heterocycles. The highest BCUT2D eigenvalue weighted by Crippen LogP contribution is 2.58. The first-order chi connectivity index (χ1) is 16.4. The molecule has 0 spiro atoms. The fraction of sp³-hybridized carbons (Fsp3) is 0.667. The Hall–Kier alpha value is -2.32. The average Bonchev–Trinajstić information content (AvgIpc) is 3.49. The highest BCUT2D eigenvalue weighted by atomic mass is 19.4. The zero-order valence-corrected chi connectivity index (χ0v) is 18.9. The summed E-state index contributed by atoms with van der Waals surface area (Å²) >= 11 is 0. The van der Waals surface area contributed by atoms with Gasteiger partial charge in [0.05, 0.1) is 28.5 Å². The molecular formula is C24H27F6N3O2. The van der Waals surface area contributed by atoms with E-state index in [2.05, 4.69) is 16.7 Å². The van der Waals surface area contributed by atoms with Gasteiger partial charge in [0.15, 0.2) is 0 Å². The maximum Gasteiger partial charge on any atom is 0.416 e. The summed E-state index contributed by atoms with van der Waals surface area (Å²) in [6.07, 6.45) is -5.92. The van der Waals surface area contributed by atoms with Crippen molar-refractivity contribution in [1.29, 1.82) is 5.26 Å². The van der Waals surface area contributed by atoms with Gasteiger partial charge in [-0.2, -0.15) is 31.6 Å². The van der Waals surface area contributed by atoms with Gasteiger partial charge in [0.2, 0.25) is 5.91 Å². The van der Waals surface area contributed by atoms with Crippen LogP contribution in [0.1, 0.15) is 55.2 Å². The van der Waals surface area contributed by atoms with E-state index in [1.807, 2.05) is 0 Å². The van der Waals surface area contributed by atoms with Crippen LogP contribution in [0, 0.1) is 28.6 Å². The van der Waals surface area contributed by atoms with Crippen LogP contribution in [0.2, 0.25) is 0 Å². The van der Waals surface area contributed by atoms with Gasteiger partial charge in [-0.3, -0.25) is 4.79 Å². The summed E-state index contributed by atoms with van der Waals surface area (Å²) < 4.78 is 84.4. The Bertz CT molecular complexity index is 951. The van der Waals surface area contributed by atoms with E-state index in [9.17, 15) is 36.4 Å². The molecule has 1 aromatic rings. The van der Waals surface area contributed by atoms with Crippen LogP contribution in [0.5, 0.6) is 0 Å². The Labute approximate surface area is 199 Å². The molecule has 0 aromatic heterocycles. The second-order valence-electron chi connectivity index (χ2n) is 9.82. The molecule has 3 fully saturated rings. The lowest BCUT2D eigenvalue weighted by Gasteiger charge is -2.30. The number of benzene rings is 1. The van der Waals surface area contributed by atoms with Gasteiger partial charge in [-0.15, -0.1) is 0 Å². The van der Waals surface area contributed by atoms with Crippen molar-refractivity contribution in [2.75, 3.05) is 13.2 Å². The van der Waals surface area contributed by atoms with E-state index in [0.29, 0.717) is 51.0 Å². The molecule has 2 N–H and O–H groups in total. The van der Waals surface area contributed by atoms with Gasteiger partial charge in [0.1, 0.15) is 0 Å². The van der Waals surface area contributed by atoms with Crippen molar-refractivity contribution >= 4 is 5.91 Å². The van der Waals surface area contributed by atoms with Crippen LogP contribution in [0.15, 0.2) is 18.2 Å². The molecule has 0 radical (unpaired) electrons. The lowest BCUT2D eigenvalue weighted by Crippen LogP contribution is -2.44. The second kappa shape index (κ2) is 9.62. The SMILES string of the molecule is N#CC1CC1C1(C(=O)NCc2cc(C(F)(F)F)cc(C(F)(F)F)c2)CCC(NC2CCOCC2)C1. The lowest BCUT2D eigenvalue weighted by atomic mass is 9.78. The Balaban J connectivity index is 1.49.